The molecule has 0 radical (unpaired) electrons. The summed E-state index contributed by atoms with van der Waals surface area (Å²) in [5.41, 5.74) is 5.62. The molecule has 0 fully saturated rings. The van der Waals surface area contributed by atoms with Gasteiger partial charge >= 0.3 is 18.0 Å². The van der Waals surface area contributed by atoms with Crippen molar-refractivity contribution in [1.82, 2.24) is 16.0 Å². The summed E-state index contributed by atoms with van der Waals surface area (Å²) < 4.78 is 5.03. The Morgan fingerprint density at radius 3 is 2.30 bits per heavy atom. The molecule has 27 heavy (non-hydrogen) atoms. The maximum atomic E-state index is 12.2. The van der Waals surface area contributed by atoms with Gasteiger partial charge in [0, 0.05) is 11.1 Å². The highest BCUT2D eigenvalue weighted by molar-refractivity contribution is 6.31. The number of esters is 1. The molecule has 5 N–H and O–H groups in total. The molecule has 0 aromatic heterocycles. The Morgan fingerprint density at radius 2 is 1.74 bits per heavy atom. The van der Waals surface area contributed by atoms with E-state index in [1.807, 2.05) is 0 Å². The predicted molar refractivity (Wildman–Crippen MR) is 98.9 cm³/mol. The highest BCUT2D eigenvalue weighted by atomic mass is 35.5. The topological polar surface area (TPSA) is 140 Å². The van der Waals surface area contributed by atoms with Gasteiger partial charge in [0.1, 0.15) is 0 Å². The van der Waals surface area contributed by atoms with Gasteiger partial charge in [0.05, 0.1) is 12.5 Å². The van der Waals surface area contributed by atoms with E-state index >= 15 is 0 Å². The van der Waals surface area contributed by atoms with Crippen molar-refractivity contribution < 1.29 is 23.9 Å². The van der Waals surface area contributed by atoms with Crippen molar-refractivity contribution in [3.05, 3.63) is 34.9 Å². The number of carbonyl (C=O) groups is 4. The van der Waals surface area contributed by atoms with Crippen LogP contribution >= 0.6 is 11.6 Å². The van der Waals surface area contributed by atoms with E-state index in [-0.39, 0.29) is 12.5 Å². The zero-order chi connectivity index (χ0) is 20.6. The molecule has 0 aliphatic rings. The predicted octanol–water partition coefficient (Wildman–Crippen LogP) is 1.61. The molecule has 0 saturated carbocycles. The molecule has 0 aliphatic carbocycles. The van der Waals surface area contributed by atoms with Gasteiger partial charge in [-0.05, 0) is 32.4 Å². The Balaban J connectivity index is 2.71. The molecule has 10 heteroatoms. The molecule has 0 spiro atoms. The minimum Gasteiger partial charge on any atom is -0.452 e. The van der Waals surface area contributed by atoms with Crippen LogP contribution in [0.5, 0.6) is 0 Å². The van der Waals surface area contributed by atoms with Crippen molar-refractivity contribution in [2.75, 3.05) is 0 Å². The van der Waals surface area contributed by atoms with Crippen molar-refractivity contribution in [3.8, 4) is 0 Å². The van der Waals surface area contributed by atoms with Crippen molar-refractivity contribution >= 4 is 35.5 Å². The van der Waals surface area contributed by atoms with Crippen molar-refractivity contribution in [2.45, 2.75) is 45.4 Å². The van der Waals surface area contributed by atoms with E-state index in [2.05, 4.69) is 16.0 Å². The first-order chi connectivity index (χ1) is 12.6. The second kappa shape index (κ2) is 10.4. The van der Waals surface area contributed by atoms with Gasteiger partial charge in [-0.2, -0.15) is 0 Å². The number of carbonyl (C=O) groups excluding carboxylic acids is 4. The molecule has 0 heterocycles. The lowest BCUT2D eigenvalue weighted by molar-refractivity contribution is -0.154. The van der Waals surface area contributed by atoms with Crippen molar-refractivity contribution in [2.24, 2.45) is 5.73 Å². The molecule has 0 aliphatic heterocycles. The van der Waals surface area contributed by atoms with Gasteiger partial charge in [-0.3, -0.25) is 14.9 Å². The molecule has 9 nitrogen and oxygen atoms in total. The maximum absolute atomic E-state index is 12.2. The van der Waals surface area contributed by atoms with Crippen molar-refractivity contribution in [3.63, 3.8) is 0 Å². The number of primary amides is 1. The minimum absolute atomic E-state index is 0.160. The fraction of sp³-hybridized carbons (Fsp3) is 0.412. The highest BCUT2D eigenvalue weighted by Gasteiger charge is 2.24. The zero-order valence-corrected chi connectivity index (χ0v) is 16.0. The second-order valence-corrected chi connectivity index (χ2v) is 6.44. The van der Waals surface area contributed by atoms with E-state index < -0.39 is 36.1 Å². The Morgan fingerprint density at radius 1 is 1.11 bits per heavy atom. The summed E-state index contributed by atoms with van der Waals surface area (Å²) in [5, 5.41) is 7.29. The fourth-order valence-electron chi connectivity index (χ4n) is 2.15. The first-order valence-corrected chi connectivity index (χ1v) is 8.59. The van der Waals surface area contributed by atoms with E-state index in [0.717, 1.165) is 0 Å². The van der Waals surface area contributed by atoms with Gasteiger partial charge in [0.15, 0.2) is 6.10 Å². The number of hydrogen-bond acceptors (Lipinski definition) is 5. The summed E-state index contributed by atoms with van der Waals surface area (Å²) >= 11 is 6.09. The molecule has 1 aromatic carbocycles. The van der Waals surface area contributed by atoms with E-state index in [4.69, 9.17) is 22.1 Å². The Bertz CT molecular complexity index is 710. The summed E-state index contributed by atoms with van der Waals surface area (Å²) in [6, 6.07) is 4.08. The fourth-order valence-corrected chi connectivity index (χ4v) is 2.41. The third kappa shape index (κ3) is 7.95. The number of halogens is 1. The summed E-state index contributed by atoms with van der Waals surface area (Å²) in [6.07, 6.45) is -1.52. The number of amides is 5. The summed E-state index contributed by atoms with van der Waals surface area (Å²) in [4.78, 5) is 46.8. The van der Waals surface area contributed by atoms with Crippen LogP contribution < -0.4 is 21.7 Å². The number of ether oxygens (including phenoxy) is 1. The van der Waals surface area contributed by atoms with Gasteiger partial charge in [-0.1, -0.05) is 29.8 Å². The molecule has 1 rings (SSSR count). The summed E-state index contributed by atoms with van der Waals surface area (Å²) in [5.74, 6) is -1.56. The summed E-state index contributed by atoms with van der Waals surface area (Å²) in [7, 11) is 0. The van der Waals surface area contributed by atoms with Gasteiger partial charge in [0.25, 0.3) is 5.91 Å². The molecule has 1 aromatic rings. The molecule has 0 unspecified atom stereocenters. The smallest absolute Gasteiger partial charge is 0.321 e. The second-order valence-electron chi connectivity index (χ2n) is 6.04. The van der Waals surface area contributed by atoms with Gasteiger partial charge in [0.2, 0.25) is 0 Å². The van der Waals surface area contributed by atoms with Crippen LogP contribution in [-0.4, -0.2) is 36.1 Å². The van der Waals surface area contributed by atoms with Crippen LogP contribution in [0.25, 0.3) is 0 Å². The number of nitrogens with one attached hydrogen (secondary N) is 3. The molecule has 0 bridgehead atoms. The third-order valence-corrected chi connectivity index (χ3v) is 3.65. The number of benzene rings is 1. The number of rotatable bonds is 7. The lowest BCUT2D eigenvalue weighted by Crippen LogP contribution is -2.46. The Labute approximate surface area is 161 Å². The molecule has 2 atom stereocenters. The molecular formula is C17H23ClN4O5. The molecular weight excluding hydrogens is 376 g/mol. The van der Waals surface area contributed by atoms with Crippen LogP contribution in [0, 0.1) is 0 Å². The van der Waals surface area contributed by atoms with Crippen LogP contribution in [0.15, 0.2) is 24.3 Å². The van der Waals surface area contributed by atoms with E-state index in [9.17, 15) is 19.2 Å². The maximum Gasteiger partial charge on any atom is 0.321 e. The molecule has 5 amide bonds. The first kappa shape index (κ1) is 22.2. The lowest BCUT2D eigenvalue weighted by atomic mass is 10.0. The van der Waals surface area contributed by atoms with Gasteiger partial charge in [-0.25, -0.2) is 9.59 Å². The third-order valence-electron chi connectivity index (χ3n) is 3.30. The lowest BCUT2D eigenvalue weighted by Gasteiger charge is -2.20. The standard InChI is InChI=1S/C17H23ClN4O5/c1-9(2)20-17(26)22-15(24)10(3)27-14(23)8-13(21-16(19)25)11-6-4-5-7-12(11)18/h4-7,9-10,13H,8H2,1-3H3,(H3,19,21,25)(H2,20,22,24,26)/t10-,13-/m0/s1. The van der Waals surface area contributed by atoms with Gasteiger partial charge in [-0.15, -0.1) is 0 Å². The number of nitrogens with two attached hydrogens (primary N) is 1. The van der Waals surface area contributed by atoms with Crippen molar-refractivity contribution in [1.29, 1.82) is 0 Å². The van der Waals surface area contributed by atoms with E-state index in [1.54, 1.807) is 38.1 Å². The highest BCUT2D eigenvalue weighted by Crippen LogP contribution is 2.25. The average molecular weight is 399 g/mol. The summed E-state index contributed by atoms with van der Waals surface area (Å²) in [6.45, 7) is 4.78. The average Bonchev–Trinajstić information content (AvgIpc) is 2.53. The van der Waals surface area contributed by atoms with E-state index in [0.29, 0.717) is 10.6 Å². The first-order valence-electron chi connectivity index (χ1n) is 8.21. The zero-order valence-electron chi connectivity index (χ0n) is 15.2. The van der Waals surface area contributed by atoms with Crippen LogP contribution in [0.3, 0.4) is 0 Å². The SMILES string of the molecule is CC(C)NC(=O)NC(=O)[C@H](C)OC(=O)C[C@H](NC(N)=O)c1ccccc1Cl. The van der Waals surface area contributed by atoms with Crippen LogP contribution in [0.1, 0.15) is 38.8 Å². The normalized spacial score (nSPS) is 12.6. The number of hydrogen-bond donors (Lipinski definition) is 4. The minimum atomic E-state index is -1.21. The number of urea groups is 2. The van der Waals surface area contributed by atoms with Crippen LogP contribution in [0.4, 0.5) is 9.59 Å². The van der Waals surface area contributed by atoms with Crippen LogP contribution in [0.2, 0.25) is 5.02 Å². The van der Waals surface area contributed by atoms with Crippen LogP contribution in [-0.2, 0) is 14.3 Å². The molecule has 148 valence electrons. The Kier molecular flexibility index (Phi) is 8.53. The van der Waals surface area contributed by atoms with Gasteiger partial charge < -0.3 is 21.1 Å². The Hall–Kier alpha value is -2.81. The number of imide groups is 1. The van der Waals surface area contributed by atoms with E-state index in [1.165, 1.54) is 6.92 Å². The largest absolute Gasteiger partial charge is 0.452 e. The quantitative estimate of drug-likeness (QED) is 0.516. The monoisotopic (exact) mass is 398 g/mol. The molecule has 0 saturated heterocycles.